The minimum atomic E-state index is -2.97. The minimum Gasteiger partial charge on any atom is -0.466 e. The van der Waals surface area contributed by atoms with Gasteiger partial charge in [-0.1, -0.05) is 130 Å². The van der Waals surface area contributed by atoms with Crippen LogP contribution in [0, 0.1) is 0 Å². The molecule has 4 aromatic rings. The van der Waals surface area contributed by atoms with E-state index in [1.54, 1.807) is 30.3 Å². The molecule has 7 nitrogen and oxygen atoms in total. The molecule has 0 saturated carbocycles. The standard InChI is InChI=1S/C39H44O7Si/c1-39(2,3)47(33-21-13-7-14-22-33,34-23-15-8-16-24-34)45-29-35(40)36(44-28-30-17-9-5-10-18-30)27-32(25-26-37(41)43-4)46-38(42)31-19-11-6-12-20-31/h5-26,32,35-36,40H,27-29H2,1-4H3/b26-25-/t32-,35+,36-/m1/s1. The second kappa shape index (κ2) is 17.0. The van der Waals surface area contributed by atoms with Crippen molar-refractivity contribution in [3.63, 3.8) is 0 Å². The summed E-state index contributed by atoms with van der Waals surface area (Å²) in [4.78, 5) is 25.1. The van der Waals surface area contributed by atoms with Crippen molar-refractivity contribution in [2.24, 2.45) is 0 Å². The smallest absolute Gasteiger partial charge is 0.338 e. The van der Waals surface area contributed by atoms with E-state index in [4.69, 9.17) is 18.6 Å². The number of methoxy groups -OCH3 is 1. The van der Waals surface area contributed by atoms with E-state index >= 15 is 0 Å². The van der Waals surface area contributed by atoms with Crippen molar-refractivity contribution >= 4 is 30.6 Å². The molecular weight excluding hydrogens is 609 g/mol. The van der Waals surface area contributed by atoms with Gasteiger partial charge in [-0.3, -0.25) is 0 Å². The van der Waals surface area contributed by atoms with E-state index in [-0.39, 0.29) is 24.7 Å². The number of carbonyl (C=O) groups excluding carboxylic acids is 2. The van der Waals surface area contributed by atoms with Crippen LogP contribution in [0.2, 0.25) is 5.04 Å². The third-order valence-corrected chi connectivity index (χ3v) is 13.0. The fourth-order valence-corrected chi connectivity index (χ4v) is 10.2. The van der Waals surface area contributed by atoms with E-state index in [0.29, 0.717) is 5.56 Å². The molecule has 0 aromatic heterocycles. The zero-order chi connectivity index (χ0) is 33.7. The van der Waals surface area contributed by atoms with Crippen molar-refractivity contribution in [3.05, 3.63) is 145 Å². The molecule has 3 atom stereocenters. The van der Waals surface area contributed by atoms with Gasteiger partial charge in [-0.05, 0) is 39.2 Å². The molecule has 0 aliphatic heterocycles. The molecule has 0 amide bonds. The molecule has 0 fully saturated rings. The van der Waals surface area contributed by atoms with Crippen molar-refractivity contribution in [1.82, 2.24) is 0 Å². The number of rotatable bonds is 15. The number of aliphatic hydroxyl groups is 1. The Morgan fingerprint density at radius 3 is 1.81 bits per heavy atom. The summed E-state index contributed by atoms with van der Waals surface area (Å²) in [6.07, 6.45) is -0.118. The normalized spacial score (nSPS) is 13.9. The molecule has 0 heterocycles. The summed E-state index contributed by atoms with van der Waals surface area (Å²) in [5.74, 6) is -1.16. The highest BCUT2D eigenvalue weighted by molar-refractivity contribution is 6.99. The second-order valence-electron chi connectivity index (χ2n) is 12.3. The molecule has 8 heteroatoms. The number of benzene rings is 4. The van der Waals surface area contributed by atoms with Crippen LogP contribution in [0.25, 0.3) is 0 Å². The lowest BCUT2D eigenvalue weighted by atomic mass is 10.1. The van der Waals surface area contributed by atoms with Gasteiger partial charge in [0.25, 0.3) is 8.32 Å². The van der Waals surface area contributed by atoms with Crippen LogP contribution < -0.4 is 10.4 Å². The van der Waals surface area contributed by atoms with Gasteiger partial charge in [-0.15, -0.1) is 0 Å². The van der Waals surface area contributed by atoms with Crippen LogP contribution >= 0.6 is 0 Å². The Hall–Kier alpha value is -4.34. The third kappa shape index (κ3) is 9.59. The monoisotopic (exact) mass is 652 g/mol. The second-order valence-corrected chi connectivity index (χ2v) is 16.6. The Morgan fingerprint density at radius 2 is 1.30 bits per heavy atom. The number of aliphatic hydroxyl groups excluding tert-OH is 1. The molecule has 0 saturated heterocycles. The van der Waals surface area contributed by atoms with Crippen LogP contribution in [-0.4, -0.2) is 57.4 Å². The quantitative estimate of drug-likeness (QED) is 0.0979. The Kier molecular flexibility index (Phi) is 12.8. The molecule has 0 unspecified atom stereocenters. The van der Waals surface area contributed by atoms with E-state index in [2.05, 4.69) is 45.0 Å². The van der Waals surface area contributed by atoms with Crippen LogP contribution in [0.1, 0.15) is 43.1 Å². The molecule has 0 radical (unpaired) electrons. The lowest BCUT2D eigenvalue weighted by molar-refractivity contribution is -0.134. The van der Waals surface area contributed by atoms with E-state index in [1.165, 1.54) is 19.3 Å². The van der Waals surface area contributed by atoms with E-state index in [9.17, 15) is 14.7 Å². The summed E-state index contributed by atoms with van der Waals surface area (Å²) in [7, 11) is -1.69. The molecule has 0 spiro atoms. The Bertz CT molecular complexity index is 1520. The summed E-state index contributed by atoms with van der Waals surface area (Å²) in [6.45, 7) is 6.69. The Labute approximate surface area is 278 Å². The van der Waals surface area contributed by atoms with Gasteiger partial charge in [0.05, 0.1) is 32.0 Å². The number of carbonyl (C=O) groups is 2. The zero-order valence-electron chi connectivity index (χ0n) is 27.5. The molecule has 0 aliphatic carbocycles. The molecule has 47 heavy (non-hydrogen) atoms. The van der Waals surface area contributed by atoms with E-state index in [1.807, 2.05) is 66.7 Å². The number of hydrogen-bond donors (Lipinski definition) is 1. The fourth-order valence-electron chi connectivity index (χ4n) is 5.62. The van der Waals surface area contributed by atoms with Gasteiger partial charge in [-0.2, -0.15) is 0 Å². The van der Waals surface area contributed by atoms with Crippen molar-refractivity contribution in [2.45, 2.75) is 57.1 Å². The van der Waals surface area contributed by atoms with E-state index < -0.39 is 38.6 Å². The average molecular weight is 653 g/mol. The number of esters is 2. The Morgan fingerprint density at radius 1 is 0.787 bits per heavy atom. The highest BCUT2D eigenvalue weighted by Crippen LogP contribution is 2.37. The highest BCUT2D eigenvalue weighted by Gasteiger charge is 2.50. The highest BCUT2D eigenvalue weighted by atomic mass is 28.4. The van der Waals surface area contributed by atoms with Gasteiger partial charge in [0.15, 0.2) is 0 Å². The summed E-state index contributed by atoms with van der Waals surface area (Å²) in [5.41, 5.74) is 1.28. The van der Waals surface area contributed by atoms with Gasteiger partial charge in [0.2, 0.25) is 0 Å². The molecular formula is C39H44O7Si. The lowest BCUT2D eigenvalue weighted by Gasteiger charge is -2.43. The summed E-state index contributed by atoms with van der Waals surface area (Å²) in [5, 5.41) is 13.7. The molecule has 4 aromatic carbocycles. The van der Waals surface area contributed by atoms with Crippen LogP contribution in [-0.2, 0) is 30.0 Å². The summed E-state index contributed by atoms with van der Waals surface area (Å²) in [6, 6.07) is 38.6. The third-order valence-electron chi connectivity index (χ3n) is 8.00. The van der Waals surface area contributed by atoms with Gasteiger partial charge in [0, 0.05) is 12.5 Å². The van der Waals surface area contributed by atoms with Gasteiger partial charge < -0.3 is 23.7 Å². The first-order chi connectivity index (χ1) is 22.6. The first-order valence-electron chi connectivity index (χ1n) is 15.7. The Balaban J connectivity index is 1.66. The summed E-state index contributed by atoms with van der Waals surface area (Å²) >= 11 is 0. The SMILES string of the molecule is COC(=O)/C=C\[C@H](C[C@@H](OCc1ccccc1)[C@@H](O)CO[Si](c1ccccc1)(c1ccccc1)C(C)(C)C)OC(=O)c1ccccc1. The molecule has 0 bridgehead atoms. The predicted molar refractivity (Wildman–Crippen MR) is 186 cm³/mol. The first-order valence-corrected chi connectivity index (χ1v) is 17.7. The average Bonchev–Trinajstić information content (AvgIpc) is 3.10. The topological polar surface area (TPSA) is 91.3 Å². The van der Waals surface area contributed by atoms with Gasteiger partial charge >= 0.3 is 11.9 Å². The minimum absolute atomic E-state index is 0.0349. The van der Waals surface area contributed by atoms with Gasteiger partial charge in [0.1, 0.15) is 12.2 Å². The van der Waals surface area contributed by atoms with E-state index in [0.717, 1.165) is 15.9 Å². The van der Waals surface area contributed by atoms with Crippen LogP contribution in [0.5, 0.6) is 0 Å². The fraction of sp³-hybridized carbons (Fsp3) is 0.282. The zero-order valence-corrected chi connectivity index (χ0v) is 28.5. The van der Waals surface area contributed by atoms with Crippen molar-refractivity contribution in [1.29, 1.82) is 0 Å². The van der Waals surface area contributed by atoms with Crippen LogP contribution in [0.4, 0.5) is 0 Å². The molecule has 4 rings (SSSR count). The molecule has 0 aliphatic rings. The largest absolute Gasteiger partial charge is 0.466 e. The predicted octanol–water partition coefficient (Wildman–Crippen LogP) is 5.85. The molecule has 246 valence electrons. The lowest BCUT2D eigenvalue weighted by Crippen LogP contribution is -2.67. The summed E-state index contributed by atoms with van der Waals surface area (Å²) < 4.78 is 24.0. The van der Waals surface area contributed by atoms with Crippen molar-refractivity contribution in [2.75, 3.05) is 13.7 Å². The van der Waals surface area contributed by atoms with Crippen molar-refractivity contribution < 1.29 is 33.3 Å². The number of hydrogen-bond acceptors (Lipinski definition) is 7. The maximum atomic E-state index is 13.1. The maximum absolute atomic E-state index is 13.1. The first kappa shape index (κ1) is 35.5. The van der Waals surface area contributed by atoms with Crippen LogP contribution in [0.3, 0.4) is 0 Å². The van der Waals surface area contributed by atoms with Crippen LogP contribution in [0.15, 0.2) is 133 Å². The maximum Gasteiger partial charge on any atom is 0.338 e. The number of ether oxygens (including phenoxy) is 3. The molecule has 1 N–H and O–H groups in total. The van der Waals surface area contributed by atoms with Crippen molar-refractivity contribution in [3.8, 4) is 0 Å². The van der Waals surface area contributed by atoms with Gasteiger partial charge in [-0.25, -0.2) is 9.59 Å².